The molecule has 6 amide bonds. The van der Waals surface area contributed by atoms with Crippen LogP contribution in [0, 0.1) is 39.9 Å². The van der Waals surface area contributed by atoms with Gasteiger partial charge in [-0.2, -0.15) is 0 Å². The normalized spacial score (nSPS) is 28.3. The molecule has 0 spiro atoms. The van der Waals surface area contributed by atoms with Gasteiger partial charge in [0.15, 0.2) is 51.6 Å². The van der Waals surface area contributed by atoms with Crippen molar-refractivity contribution >= 4 is 78.2 Å². The summed E-state index contributed by atoms with van der Waals surface area (Å²) in [5, 5.41) is 383. The van der Waals surface area contributed by atoms with E-state index >= 15 is 0 Å². The van der Waals surface area contributed by atoms with Crippen LogP contribution in [0.25, 0.3) is 0 Å². The second-order valence-electron chi connectivity index (χ2n) is 31.6. The van der Waals surface area contributed by atoms with Crippen molar-refractivity contribution in [3.05, 3.63) is 0 Å². The summed E-state index contributed by atoms with van der Waals surface area (Å²) in [6.07, 6.45) is -73.9. The van der Waals surface area contributed by atoms with E-state index in [-0.39, 0.29) is 55.2 Å². The number of carbonyl (C=O) groups excluding carboxylic acids is 9. The average Bonchev–Trinajstić information content (AvgIpc) is 0.814. The number of amides is 6. The van der Waals surface area contributed by atoms with Gasteiger partial charge in [-0.15, -0.1) is 0 Å². The zero-order chi connectivity index (χ0) is 106. The van der Waals surface area contributed by atoms with E-state index in [1.54, 1.807) is 0 Å². The fourth-order valence-electron chi connectivity index (χ4n) is 13.3. The van der Waals surface area contributed by atoms with Crippen LogP contribution in [0.3, 0.4) is 0 Å². The zero-order valence-electron chi connectivity index (χ0n) is 75.3. The van der Waals surface area contributed by atoms with Crippen molar-refractivity contribution in [2.45, 2.75) is 220 Å². The number of aliphatic hydroxyl groups is 32. The van der Waals surface area contributed by atoms with Crippen molar-refractivity contribution in [3.63, 3.8) is 0 Å². The molecule has 69 heteroatoms. The van der Waals surface area contributed by atoms with Gasteiger partial charge >= 0.3 is 39.9 Å². The van der Waals surface area contributed by atoms with Crippen LogP contribution < -0.4 is 26.0 Å². The molecule has 0 aromatic rings. The Balaban J connectivity index is 0.0000346. The summed E-state index contributed by atoms with van der Waals surface area (Å²) in [7, 11) is 0. The van der Waals surface area contributed by atoms with Crippen molar-refractivity contribution in [1.82, 2.24) is 35.1 Å². The Morgan fingerprint density at radius 1 is 0.308 bits per heavy atom. The van der Waals surface area contributed by atoms with Crippen LogP contribution in [0.15, 0.2) is 20.6 Å². The predicted molar refractivity (Wildman–Crippen MR) is 440 cm³/mol. The van der Waals surface area contributed by atoms with Crippen molar-refractivity contribution in [3.8, 4) is 0 Å². The molecular weight excluding hydrogens is 2110 g/mol. The second kappa shape index (κ2) is 67.2. The maximum Gasteiger partial charge on any atom is 3.00 e. The molecule has 0 aromatic heterocycles. The average molecular weight is 2240 g/mol. The van der Waals surface area contributed by atoms with Gasteiger partial charge in [0.2, 0.25) is 11.8 Å². The van der Waals surface area contributed by atoms with Crippen LogP contribution in [0.2, 0.25) is 0 Å². The smallest absolute Gasteiger partial charge is 0.549 e. The van der Waals surface area contributed by atoms with Crippen LogP contribution in [0.1, 0.15) is 0 Å². The molecule has 4 aliphatic rings. The number of carboxylic acids is 3. The molecule has 4 aliphatic heterocycles. The quantitative estimate of drug-likeness (QED) is 0.0199. The first-order valence-electron chi connectivity index (χ1n) is 42.6. The minimum atomic E-state index is -2.39. The number of nitrogens with zero attached hydrogens (tertiary/aromatic N) is 9. The second-order valence-corrected chi connectivity index (χ2v) is 31.6. The summed E-state index contributed by atoms with van der Waals surface area (Å²) in [5.41, 5.74) is 0. The molecule has 28 unspecified atom stereocenters. The Bertz CT molecular complexity index is 3450. The molecule has 4 rings (SSSR count). The number of carbonyl (C=O) groups is 9. The topological polar surface area (TPSA) is 1100 Å². The molecule has 0 bridgehead atoms. The molecule has 827 valence electrons. The van der Waals surface area contributed by atoms with Crippen LogP contribution in [0.4, 0.5) is 0 Å². The molecule has 4 saturated heterocycles. The minimum absolute atomic E-state index is 0. The zero-order valence-corrected chi connectivity index (χ0v) is 77.5. The van der Waals surface area contributed by atoms with Crippen molar-refractivity contribution in [2.24, 2.45) is 20.6 Å². The molecule has 0 aliphatic carbocycles. The van der Waals surface area contributed by atoms with E-state index in [4.69, 9.17) is 57.2 Å². The summed E-state index contributed by atoms with van der Waals surface area (Å²) in [5.74, 6) is -13.5. The van der Waals surface area contributed by atoms with E-state index in [0.29, 0.717) is 24.9 Å². The predicted octanol–water partition coefficient (Wildman–Crippen LogP) is -31.7. The number of aliphatic carboxylic acids is 3. The van der Waals surface area contributed by atoms with Gasteiger partial charge in [-0.1, -0.05) is 20.6 Å². The number of imide groups is 2. The van der Waals surface area contributed by atoms with Crippen LogP contribution in [-0.2, 0) is 100 Å². The SMILES string of the molecule is O.O=C([O-])CN(CCN(CC(=O)[O-])CC(=O)NCCN(C(=O)CO/N=C/C(O)[C@@H](O)[C@H](OC1OC(CO)C(O)C(O)C1O)C(O)CO)C(=O)CO/N=C/C(O)[C@H](O)[C@H](OC1OC(CO)C(O)C(O)C1O)C(O)CO)CCN(CC(=O)[O-])CC(=O)NCCN(C(=O)CO/N=C/C(O)[C@H](O)[C@H](OC1OC(CO)C(O)C(O)C1O)C(O)CO)C(=O)CO/N=C/C(O)[C@H](O)[C@H](OC1OC(CO)C(O)C(O)C1O)C(O)CO.[Gd+3]. The van der Waals surface area contributed by atoms with E-state index in [1.807, 2.05) is 0 Å². The molecule has 36 N–H and O–H groups in total. The van der Waals surface area contributed by atoms with Crippen LogP contribution in [0.5, 0.6) is 0 Å². The third-order valence-corrected chi connectivity index (χ3v) is 21.3. The number of rotatable bonds is 66. The first-order chi connectivity index (χ1) is 66.5. The molecule has 4 heterocycles. The number of aliphatic hydroxyl groups excluding tert-OH is 32. The first-order valence-corrected chi connectivity index (χ1v) is 42.6. The molecular formula is C74H126GdN11O57. The van der Waals surface area contributed by atoms with E-state index in [0.717, 1.165) is 14.7 Å². The molecule has 0 saturated carbocycles. The summed E-state index contributed by atoms with van der Waals surface area (Å²) >= 11 is 0. The molecule has 4 fully saturated rings. The van der Waals surface area contributed by atoms with Gasteiger partial charge < -0.3 is 266 Å². The Hall–Kier alpha value is -6.93. The van der Waals surface area contributed by atoms with Crippen LogP contribution >= 0.6 is 0 Å². The third-order valence-electron chi connectivity index (χ3n) is 21.3. The van der Waals surface area contributed by atoms with Gasteiger partial charge in [-0.25, -0.2) is 0 Å². The summed E-state index contributed by atoms with van der Waals surface area (Å²) in [4.78, 5) is 141. The van der Waals surface area contributed by atoms with Gasteiger partial charge in [-0.05, 0) is 0 Å². The Morgan fingerprint density at radius 3 is 0.706 bits per heavy atom. The summed E-state index contributed by atoms with van der Waals surface area (Å²) < 4.78 is 42.0. The van der Waals surface area contributed by atoms with Crippen molar-refractivity contribution < 1.29 is 325 Å². The molecule has 1 radical (unpaired) electrons. The van der Waals surface area contributed by atoms with Gasteiger partial charge in [0.05, 0.1) is 109 Å². The number of carboxylic acid groups (broad SMARTS) is 3. The van der Waals surface area contributed by atoms with Crippen molar-refractivity contribution in [2.75, 3.05) is 164 Å². The molecule has 68 nitrogen and oxygen atoms in total. The van der Waals surface area contributed by atoms with Crippen LogP contribution in [-0.4, -0.2) is 656 Å². The fourth-order valence-corrected chi connectivity index (χ4v) is 13.3. The molecule has 143 heavy (non-hydrogen) atoms. The maximum atomic E-state index is 13.7. The number of hydrogen-bond donors (Lipinski definition) is 34. The largest absolute Gasteiger partial charge is 3.00 e. The van der Waals surface area contributed by atoms with Crippen molar-refractivity contribution in [1.29, 1.82) is 0 Å². The van der Waals surface area contributed by atoms with E-state index in [9.17, 15) is 222 Å². The van der Waals surface area contributed by atoms with Gasteiger partial charge in [0, 0.05) is 72.0 Å². The Kier molecular flexibility index (Phi) is 62.1. The number of nitrogens with one attached hydrogen (secondary N) is 2. The van der Waals surface area contributed by atoms with E-state index in [2.05, 4.69) is 31.3 Å². The number of oxime groups is 4. The first kappa shape index (κ1) is 132. The third kappa shape index (κ3) is 41.9. The standard InChI is InChI=1S/C74H127N11O56.Gd.H2O/c86-18-34(98)67(138-71-63(126)59(122)55(118)38(22-90)134-71)51(114)30(94)9-77-130-26-44(104)84(45(105)27-131-78-10-31(95)52(115)68(35(99)19-87)139-72-64(127)60(123)56(119)39(23-91)135-72)3-1-75-42(102)13-82(16-49(110)111)7-5-81(15-48(108)109)6-8-83(17-50(112)113)14-43(103)76-2-4-85(46(106)28-132-79-11-32(96)53(116)69(36(100)20-88)140-73-65(128)61(124)57(120)40(24-92)136-73)47(107)29-133-80-12-33(97)54(117)70(37(101)21-89)141-74-66(129)62(125)58(121)41(25-93)137-74;;/h9-12,30-41,51-74,86-101,114-129H,1-8,13-29H2,(H,75,102)(H,76,103)(H,108,109)(H,110,111)(H,112,113);;1H2/q;+3;/p-3/b77-9+,78-10+,79-11+,80-12+;;/t30?,31?,32?,33?,34?,35?,36?,37?,38?,39?,40?,41?,51-,52-,53-,54+,55?,56?,57?,58?,59?,60?,61?,62?,63?,64?,65?,66?,67+,68+,69+,70+,71?,72?,73?,74?;;/m0../s1. The Morgan fingerprint density at radius 2 is 0.510 bits per heavy atom. The van der Waals surface area contributed by atoms with Gasteiger partial charge in [0.25, 0.3) is 23.6 Å². The van der Waals surface area contributed by atoms with E-state index < -0.39 is 438 Å². The number of hydrogen-bond acceptors (Lipinski definition) is 63. The maximum absolute atomic E-state index is 13.7. The molecule has 0 aromatic carbocycles. The fraction of sp³-hybridized carbons (Fsp3) is 0.824. The molecule has 36 atom stereocenters. The Labute approximate surface area is 839 Å². The van der Waals surface area contributed by atoms with Gasteiger partial charge in [-0.3, -0.25) is 53.3 Å². The summed E-state index contributed by atoms with van der Waals surface area (Å²) in [6.45, 7) is -25.0. The number of ether oxygens (including phenoxy) is 8. The summed E-state index contributed by atoms with van der Waals surface area (Å²) in [6, 6.07) is 0. The monoisotopic (exact) mass is 2240 g/mol. The minimum Gasteiger partial charge on any atom is -0.549 e. The van der Waals surface area contributed by atoms with E-state index in [1.165, 1.54) is 0 Å². The van der Waals surface area contributed by atoms with Gasteiger partial charge in [0.1, 0.15) is 195 Å².